The molecule has 2 amide bonds. The maximum Gasteiger partial charge on any atom is 0.242 e. The van der Waals surface area contributed by atoms with Crippen molar-refractivity contribution in [3.63, 3.8) is 0 Å². The Morgan fingerprint density at radius 3 is 2.24 bits per heavy atom. The van der Waals surface area contributed by atoms with Gasteiger partial charge in [0.1, 0.15) is 6.04 Å². The maximum absolute atomic E-state index is 13.2. The van der Waals surface area contributed by atoms with E-state index in [4.69, 9.17) is 34.8 Å². The number of nitrogens with one attached hydrogen (secondary N) is 1. The molecule has 2 aromatic carbocycles. The molecule has 0 unspecified atom stereocenters. The van der Waals surface area contributed by atoms with Crippen LogP contribution in [0.15, 0.2) is 42.5 Å². The van der Waals surface area contributed by atoms with Gasteiger partial charge in [-0.3, -0.25) is 9.59 Å². The van der Waals surface area contributed by atoms with Crippen LogP contribution < -0.4 is 5.32 Å². The Morgan fingerprint density at radius 1 is 1.03 bits per heavy atom. The van der Waals surface area contributed by atoms with Crippen molar-refractivity contribution >= 4 is 46.6 Å². The summed E-state index contributed by atoms with van der Waals surface area (Å²) in [5.41, 5.74) is 1.38. The molecule has 0 fully saturated rings. The lowest BCUT2D eigenvalue weighted by atomic mass is 10.1. The monoisotopic (exact) mass is 454 g/mol. The lowest BCUT2D eigenvalue weighted by molar-refractivity contribution is -0.140. The fraction of sp³-hybridized carbons (Fsp3) is 0.364. The second kappa shape index (κ2) is 10.9. The molecular formula is C22H25Cl3N2O2. The maximum atomic E-state index is 13.2. The van der Waals surface area contributed by atoms with Crippen LogP contribution in [0.1, 0.15) is 38.3 Å². The van der Waals surface area contributed by atoms with Crippen LogP contribution >= 0.6 is 34.8 Å². The highest BCUT2D eigenvalue weighted by Gasteiger charge is 2.28. The summed E-state index contributed by atoms with van der Waals surface area (Å²) in [5.74, 6) is -0.433. The second-order valence-electron chi connectivity index (χ2n) is 7.02. The first-order valence-corrected chi connectivity index (χ1v) is 10.6. The summed E-state index contributed by atoms with van der Waals surface area (Å²) in [6.07, 6.45) is 0.912. The SMILES string of the molecule is CC[C@@H](C)NC(=O)[C@H](C)N(Cc1c(Cl)cccc1Cl)C(=O)Cc1cccc(Cl)c1. The molecule has 29 heavy (non-hydrogen) atoms. The van der Waals surface area contributed by atoms with Crippen molar-refractivity contribution in [3.8, 4) is 0 Å². The fourth-order valence-corrected chi connectivity index (χ4v) is 3.55. The predicted molar refractivity (Wildman–Crippen MR) is 120 cm³/mol. The standard InChI is InChI=1S/C22H25Cl3N2O2/c1-4-14(2)26-22(29)15(3)27(13-18-19(24)9-6-10-20(18)25)21(28)12-16-7-5-8-17(23)11-16/h5-11,14-15H,4,12-13H2,1-3H3,(H,26,29)/t14-,15+/m1/s1. The average molecular weight is 456 g/mol. The minimum absolute atomic E-state index is 0.0127. The summed E-state index contributed by atoms with van der Waals surface area (Å²) < 4.78 is 0. The molecule has 2 atom stereocenters. The van der Waals surface area contributed by atoms with Crippen molar-refractivity contribution in [1.29, 1.82) is 0 Å². The first kappa shape index (κ1) is 23.5. The second-order valence-corrected chi connectivity index (χ2v) is 8.27. The molecular weight excluding hydrogens is 431 g/mol. The van der Waals surface area contributed by atoms with Gasteiger partial charge in [-0.2, -0.15) is 0 Å². The number of nitrogens with zero attached hydrogens (tertiary/aromatic N) is 1. The number of carbonyl (C=O) groups is 2. The van der Waals surface area contributed by atoms with Crippen molar-refractivity contribution in [2.75, 3.05) is 0 Å². The van der Waals surface area contributed by atoms with Gasteiger partial charge in [-0.05, 0) is 50.1 Å². The minimum atomic E-state index is -0.692. The molecule has 156 valence electrons. The van der Waals surface area contributed by atoms with Gasteiger partial charge < -0.3 is 10.2 Å². The minimum Gasteiger partial charge on any atom is -0.352 e. The Balaban J connectivity index is 2.31. The Kier molecular flexibility index (Phi) is 8.81. The zero-order valence-corrected chi connectivity index (χ0v) is 19.0. The molecule has 0 heterocycles. The third kappa shape index (κ3) is 6.63. The number of hydrogen-bond acceptors (Lipinski definition) is 2. The first-order valence-electron chi connectivity index (χ1n) is 9.50. The summed E-state index contributed by atoms with van der Waals surface area (Å²) in [7, 11) is 0. The van der Waals surface area contributed by atoms with E-state index in [0.29, 0.717) is 20.6 Å². The van der Waals surface area contributed by atoms with Gasteiger partial charge in [0.05, 0.1) is 6.42 Å². The van der Waals surface area contributed by atoms with Crippen LogP contribution in [-0.4, -0.2) is 28.8 Å². The number of benzene rings is 2. The van der Waals surface area contributed by atoms with Crippen LogP contribution in [0.4, 0.5) is 0 Å². The summed E-state index contributed by atoms with van der Waals surface area (Å²) >= 11 is 18.7. The van der Waals surface area contributed by atoms with Gasteiger partial charge in [0, 0.05) is 33.2 Å². The first-order chi connectivity index (χ1) is 13.7. The predicted octanol–water partition coefficient (Wildman–Crippen LogP) is 5.52. The van der Waals surface area contributed by atoms with Gasteiger partial charge in [0.15, 0.2) is 0 Å². The summed E-state index contributed by atoms with van der Waals surface area (Å²) in [4.78, 5) is 27.4. The zero-order chi connectivity index (χ0) is 21.6. The van der Waals surface area contributed by atoms with E-state index in [2.05, 4.69) is 5.32 Å². The molecule has 1 N–H and O–H groups in total. The van der Waals surface area contributed by atoms with Crippen LogP contribution in [0.25, 0.3) is 0 Å². The van der Waals surface area contributed by atoms with Gasteiger partial charge in [-0.15, -0.1) is 0 Å². The average Bonchev–Trinajstić information content (AvgIpc) is 2.67. The smallest absolute Gasteiger partial charge is 0.242 e. The Hall–Kier alpha value is -1.75. The quantitative estimate of drug-likeness (QED) is 0.569. The molecule has 2 rings (SSSR count). The van der Waals surface area contributed by atoms with Crippen molar-refractivity contribution in [2.45, 2.75) is 52.2 Å². The molecule has 0 saturated carbocycles. The van der Waals surface area contributed by atoms with Gasteiger partial charge in [0.2, 0.25) is 11.8 Å². The summed E-state index contributed by atoms with van der Waals surface area (Å²) in [6, 6.07) is 11.6. The molecule has 4 nitrogen and oxygen atoms in total. The molecule has 0 aliphatic rings. The van der Waals surface area contributed by atoms with Crippen LogP contribution in [0.3, 0.4) is 0 Å². The topological polar surface area (TPSA) is 49.4 Å². The highest BCUT2D eigenvalue weighted by molar-refractivity contribution is 6.36. The van der Waals surface area contributed by atoms with Gasteiger partial charge in [0.25, 0.3) is 0 Å². The number of halogens is 3. The van der Waals surface area contributed by atoms with Gasteiger partial charge in [-0.25, -0.2) is 0 Å². The summed E-state index contributed by atoms with van der Waals surface area (Å²) in [5, 5.41) is 4.39. The van der Waals surface area contributed by atoms with E-state index in [-0.39, 0.29) is 30.8 Å². The third-order valence-corrected chi connectivity index (χ3v) is 5.75. The number of carbonyl (C=O) groups excluding carboxylic acids is 2. The van der Waals surface area contributed by atoms with Crippen LogP contribution in [0.5, 0.6) is 0 Å². The van der Waals surface area contributed by atoms with Crippen molar-refractivity contribution in [1.82, 2.24) is 10.2 Å². The van der Waals surface area contributed by atoms with E-state index < -0.39 is 6.04 Å². The summed E-state index contributed by atoms with van der Waals surface area (Å²) in [6.45, 7) is 5.75. The molecule has 0 aliphatic carbocycles. The molecule has 7 heteroatoms. The molecule has 2 aromatic rings. The highest BCUT2D eigenvalue weighted by atomic mass is 35.5. The van der Waals surface area contributed by atoms with E-state index >= 15 is 0 Å². The van der Waals surface area contributed by atoms with E-state index in [1.165, 1.54) is 4.90 Å². The Labute approximate surface area is 187 Å². The Bertz CT molecular complexity index is 853. The van der Waals surface area contributed by atoms with Crippen LogP contribution in [0, 0.1) is 0 Å². The largest absolute Gasteiger partial charge is 0.352 e. The third-order valence-electron chi connectivity index (χ3n) is 4.80. The Morgan fingerprint density at radius 2 is 1.66 bits per heavy atom. The molecule has 0 radical (unpaired) electrons. The van der Waals surface area contributed by atoms with E-state index in [1.54, 1.807) is 43.3 Å². The lowest BCUT2D eigenvalue weighted by Crippen LogP contribution is -2.50. The van der Waals surface area contributed by atoms with E-state index in [1.807, 2.05) is 19.9 Å². The molecule has 0 bridgehead atoms. The van der Waals surface area contributed by atoms with Crippen LogP contribution in [-0.2, 0) is 22.6 Å². The van der Waals surface area contributed by atoms with Crippen molar-refractivity contribution in [2.24, 2.45) is 0 Å². The number of rotatable bonds is 8. The zero-order valence-electron chi connectivity index (χ0n) is 16.7. The fourth-order valence-electron chi connectivity index (χ4n) is 2.82. The molecule has 0 spiro atoms. The number of amides is 2. The number of hydrogen-bond donors (Lipinski definition) is 1. The van der Waals surface area contributed by atoms with E-state index in [0.717, 1.165) is 12.0 Å². The van der Waals surface area contributed by atoms with Crippen molar-refractivity contribution in [3.05, 3.63) is 68.7 Å². The lowest BCUT2D eigenvalue weighted by Gasteiger charge is -2.30. The molecule has 0 aromatic heterocycles. The molecule has 0 aliphatic heterocycles. The van der Waals surface area contributed by atoms with Crippen LogP contribution in [0.2, 0.25) is 15.1 Å². The van der Waals surface area contributed by atoms with Crippen molar-refractivity contribution < 1.29 is 9.59 Å². The van der Waals surface area contributed by atoms with Gasteiger partial charge in [-0.1, -0.05) is 59.9 Å². The normalized spacial score (nSPS) is 12.9. The van der Waals surface area contributed by atoms with Gasteiger partial charge >= 0.3 is 0 Å². The van der Waals surface area contributed by atoms with E-state index in [9.17, 15) is 9.59 Å². The highest BCUT2D eigenvalue weighted by Crippen LogP contribution is 2.27. The molecule has 0 saturated heterocycles.